The molecule has 3 aromatic rings. The van der Waals surface area contributed by atoms with Crippen LogP contribution in [0, 0.1) is 0 Å². The number of hydrogen-bond donors (Lipinski definition) is 2. The largest absolute Gasteiger partial charge is 0.508 e. The summed E-state index contributed by atoms with van der Waals surface area (Å²) >= 11 is 12.5. The van der Waals surface area contributed by atoms with E-state index in [0.29, 0.717) is 22.5 Å². The fourth-order valence-electron chi connectivity index (χ4n) is 3.37. The highest BCUT2D eigenvalue weighted by Gasteiger charge is 2.29. The third-order valence-electron chi connectivity index (χ3n) is 5.11. The van der Waals surface area contributed by atoms with Crippen molar-refractivity contribution in [3.8, 4) is 5.75 Å². The summed E-state index contributed by atoms with van der Waals surface area (Å²) in [5, 5.41) is 13.9. The number of phenolic OH excluding ortho intramolecular Hbond substituents is 1. The molecule has 0 aliphatic heterocycles. The zero-order valence-electron chi connectivity index (χ0n) is 14.9. The van der Waals surface area contributed by atoms with E-state index in [-0.39, 0.29) is 22.5 Å². The zero-order chi connectivity index (χ0) is 19.8. The molecule has 1 heterocycles. The van der Waals surface area contributed by atoms with E-state index >= 15 is 0 Å². The molecule has 0 atom stereocenters. The molecule has 1 aromatic heterocycles. The van der Waals surface area contributed by atoms with E-state index in [4.69, 9.17) is 23.2 Å². The van der Waals surface area contributed by atoms with Gasteiger partial charge in [0.2, 0.25) is 0 Å². The Morgan fingerprint density at radius 1 is 1.11 bits per heavy atom. The number of hydrogen-bond acceptors (Lipinski definition) is 3. The second kappa shape index (κ2) is 7.49. The van der Waals surface area contributed by atoms with E-state index in [0.717, 1.165) is 24.8 Å². The minimum atomic E-state index is -0.692. The number of carbonyl (C=O) groups is 2. The van der Waals surface area contributed by atoms with Crippen LogP contribution < -0.4 is 5.32 Å². The summed E-state index contributed by atoms with van der Waals surface area (Å²) in [4.78, 5) is 25.3. The lowest BCUT2D eigenvalue weighted by Crippen LogP contribution is -2.43. The molecular weight excluding hydrogens is 399 g/mol. The van der Waals surface area contributed by atoms with Crippen molar-refractivity contribution in [3.05, 3.63) is 63.8 Å². The first-order chi connectivity index (χ1) is 13.4. The van der Waals surface area contributed by atoms with Crippen LogP contribution in [-0.2, 0) is 11.3 Å². The van der Waals surface area contributed by atoms with Crippen molar-refractivity contribution in [1.82, 2.24) is 9.88 Å². The molecule has 0 spiro atoms. The fourth-order valence-corrected chi connectivity index (χ4v) is 3.84. The van der Waals surface area contributed by atoms with Gasteiger partial charge in [-0.25, -0.2) is 0 Å². The van der Waals surface area contributed by atoms with E-state index in [1.807, 2.05) is 12.1 Å². The number of fused-ring (bicyclic) bond motifs is 1. The van der Waals surface area contributed by atoms with Gasteiger partial charge in [0.1, 0.15) is 10.9 Å². The number of nitrogens with one attached hydrogen (secondary N) is 1. The van der Waals surface area contributed by atoms with Crippen LogP contribution in [0.4, 0.5) is 0 Å². The van der Waals surface area contributed by atoms with Crippen LogP contribution in [0.15, 0.2) is 42.5 Å². The van der Waals surface area contributed by atoms with Gasteiger partial charge in [-0.2, -0.15) is 0 Å². The molecule has 4 rings (SSSR count). The molecule has 0 unspecified atom stereocenters. The summed E-state index contributed by atoms with van der Waals surface area (Å²) in [7, 11) is 0. The molecule has 28 heavy (non-hydrogen) atoms. The van der Waals surface area contributed by atoms with Crippen molar-refractivity contribution in [2.24, 2.45) is 0 Å². The number of halogens is 2. The van der Waals surface area contributed by atoms with E-state index in [9.17, 15) is 14.7 Å². The number of benzene rings is 2. The minimum Gasteiger partial charge on any atom is -0.508 e. The summed E-state index contributed by atoms with van der Waals surface area (Å²) in [6.07, 6.45) is 2.81. The smallest absolute Gasteiger partial charge is 0.292 e. The van der Waals surface area contributed by atoms with E-state index < -0.39 is 11.7 Å². The maximum atomic E-state index is 12.9. The SMILES string of the molecule is O=C(NC1CCC1)C(=O)c1c(Cl)n(Cc2ccc(Cl)cc2)c2ccc(O)cc12. The Morgan fingerprint density at radius 2 is 1.82 bits per heavy atom. The number of nitrogens with zero attached hydrogens (tertiary/aromatic N) is 1. The number of aromatic nitrogens is 1. The Labute approximate surface area is 171 Å². The Kier molecular flexibility index (Phi) is 5.04. The standard InChI is InChI=1S/C21H18Cl2N2O3/c22-13-6-4-12(5-7-13)11-25-17-9-8-15(26)10-16(17)18(20(25)23)19(27)21(28)24-14-2-1-3-14/h4-10,14,26H,1-3,11H2,(H,24,28). The van der Waals surface area contributed by atoms with Gasteiger partial charge in [0.15, 0.2) is 0 Å². The summed E-state index contributed by atoms with van der Waals surface area (Å²) in [6.45, 7) is 0.398. The first kappa shape index (κ1) is 18.8. The van der Waals surface area contributed by atoms with Crippen molar-refractivity contribution in [2.75, 3.05) is 0 Å². The van der Waals surface area contributed by atoms with Gasteiger partial charge >= 0.3 is 0 Å². The molecule has 5 nitrogen and oxygen atoms in total. The topological polar surface area (TPSA) is 71.3 Å². The molecule has 1 aliphatic carbocycles. The highest BCUT2D eigenvalue weighted by atomic mass is 35.5. The van der Waals surface area contributed by atoms with Gasteiger partial charge in [0.05, 0.1) is 11.1 Å². The summed E-state index contributed by atoms with van der Waals surface area (Å²) < 4.78 is 1.75. The van der Waals surface area contributed by atoms with Crippen molar-refractivity contribution >= 4 is 45.8 Å². The van der Waals surface area contributed by atoms with Crippen LogP contribution in [0.5, 0.6) is 5.75 Å². The summed E-state index contributed by atoms with van der Waals surface area (Å²) in [5.74, 6) is -1.36. The number of phenols is 1. The maximum Gasteiger partial charge on any atom is 0.292 e. The van der Waals surface area contributed by atoms with Crippen molar-refractivity contribution < 1.29 is 14.7 Å². The fraction of sp³-hybridized carbons (Fsp3) is 0.238. The highest BCUT2D eigenvalue weighted by Crippen LogP contribution is 2.34. The normalized spacial score (nSPS) is 14.1. The van der Waals surface area contributed by atoms with E-state index in [1.54, 1.807) is 22.8 Å². The van der Waals surface area contributed by atoms with Gasteiger partial charge in [0, 0.05) is 23.0 Å². The Bertz CT molecular complexity index is 1070. The Morgan fingerprint density at radius 3 is 2.46 bits per heavy atom. The molecular formula is C21H18Cl2N2O3. The number of aromatic hydroxyl groups is 1. The highest BCUT2D eigenvalue weighted by molar-refractivity contribution is 6.49. The maximum absolute atomic E-state index is 12.9. The summed E-state index contributed by atoms with van der Waals surface area (Å²) in [5.41, 5.74) is 1.71. The number of ketones is 1. The van der Waals surface area contributed by atoms with Crippen LogP contribution in [0.1, 0.15) is 35.2 Å². The van der Waals surface area contributed by atoms with Crippen molar-refractivity contribution in [2.45, 2.75) is 31.8 Å². The molecule has 2 N–H and O–H groups in total. The molecule has 7 heteroatoms. The average molecular weight is 417 g/mol. The zero-order valence-corrected chi connectivity index (χ0v) is 16.4. The predicted molar refractivity (Wildman–Crippen MR) is 109 cm³/mol. The van der Waals surface area contributed by atoms with Crippen LogP contribution in [0.2, 0.25) is 10.2 Å². The van der Waals surface area contributed by atoms with Gasteiger partial charge < -0.3 is 15.0 Å². The van der Waals surface area contributed by atoms with Gasteiger partial charge in [-0.1, -0.05) is 35.3 Å². The first-order valence-corrected chi connectivity index (χ1v) is 9.80. The monoisotopic (exact) mass is 416 g/mol. The summed E-state index contributed by atoms with van der Waals surface area (Å²) in [6, 6.07) is 12.0. The average Bonchev–Trinajstić information content (AvgIpc) is 2.90. The Hall–Kier alpha value is -2.50. The third kappa shape index (κ3) is 3.48. The third-order valence-corrected chi connectivity index (χ3v) is 5.76. The lowest BCUT2D eigenvalue weighted by molar-refractivity contribution is -0.118. The van der Waals surface area contributed by atoms with Crippen LogP contribution in [0.3, 0.4) is 0 Å². The second-order valence-corrected chi connectivity index (χ2v) is 7.80. The molecule has 0 saturated heterocycles. The number of carbonyl (C=O) groups excluding carboxylic acids is 2. The number of rotatable bonds is 5. The van der Waals surface area contributed by atoms with Gasteiger partial charge in [-0.3, -0.25) is 9.59 Å². The van der Waals surface area contributed by atoms with E-state index in [2.05, 4.69) is 5.32 Å². The lowest BCUT2D eigenvalue weighted by Gasteiger charge is -2.25. The van der Waals surface area contributed by atoms with Crippen LogP contribution in [0.25, 0.3) is 10.9 Å². The molecule has 2 aromatic carbocycles. The second-order valence-electron chi connectivity index (χ2n) is 7.01. The number of Topliss-reactive ketones (excluding diaryl/α,β-unsaturated/α-hetero) is 1. The first-order valence-electron chi connectivity index (χ1n) is 9.04. The van der Waals surface area contributed by atoms with Crippen molar-refractivity contribution in [1.29, 1.82) is 0 Å². The molecule has 144 valence electrons. The predicted octanol–water partition coefficient (Wildman–Crippen LogP) is 4.55. The molecule has 1 fully saturated rings. The molecule has 1 saturated carbocycles. The van der Waals surface area contributed by atoms with Crippen LogP contribution in [-0.4, -0.2) is 27.4 Å². The number of amides is 1. The minimum absolute atomic E-state index is 0.00117. The van der Waals surface area contributed by atoms with Crippen molar-refractivity contribution in [3.63, 3.8) is 0 Å². The van der Waals surface area contributed by atoms with Gasteiger partial charge in [-0.05, 0) is 55.2 Å². The molecule has 0 radical (unpaired) electrons. The molecule has 0 bridgehead atoms. The molecule has 1 amide bonds. The Balaban J connectivity index is 1.76. The van der Waals surface area contributed by atoms with Crippen LogP contribution >= 0.6 is 23.2 Å². The van der Waals surface area contributed by atoms with E-state index in [1.165, 1.54) is 12.1 Å². The van der Waals surface area contributed by atoms with Gasteiger partial charge in [-0.15, -0.1) is 0 Å². The van der Waals surface area contributed by atoms with Gasteiger partial charge in [0.25, 0.3) is 11.7 Å². The molecule has 1 aliphatic rings. The quantitative estimate of drug-likeness (QED) is 0.473. The lowest BCUT2D eigenvalue weighted by atomic mass is 9.93.